The first-order valence-electron chi connectivity index (χ1n) is 9.32. The lowest BCUT2D eigenvalue weighted by molar-refractivity contribution is 0.0964. The number of Topliss-reactive ketones (excluding diaryl/α,β-unsaturated/α-hetero) is 1. The molecule has 0 bridgehead atoms. The zero-order valence-corrected chi connectivity index (χ0v) is 15.6. The standard InChI is InChI=1S/C21H21N3O4/c1-28-9-5-8-24-19-18(20(26)23-21(24)27)15-10-14(13-6-3-2-4-7-13)11-17(25)16(15)12-22-19/h2-4,6-7,12,14H,5,8-11H2,1H3,(H,23,26,27). The van der Waals surface area contributed by atoms with E-state index in [1.807, 2.05) is 30.3 Å². The molecule has 0 aliphatic heterocycles. The van der Waals surface area contributed by atoms with Gasteiger partial charge < -0.3 is 4.74 Å². The number of hydrogen-bond acceptors (Lipinski definition) is 5. The quantitative estimate of drug-likeness (QED) is 0.685. The van der Waals surface area contributed by atoms with E-state index in [1.54, 1.807) is 7.11 Å². The Hall–Kier alpha value is -3.06. The van der Waals surface area contributed by atoms with Gasteiger partial charge in [0.15, 0.2) is 5.78 Å². The van der Waals surface area contributed by atoms with Crippen LogP contribution in [0.2, 0.25) is 0 Å². The number of aromatic amines is 1. The number of pyridine rings is 1. The van der Waals surface area contributed by atoms with Gasteiger partial charge in [0, 0.05) is 38.4 Å². The molecule has 1 unspecified atom stereocenters. The van der Waals surface area contributed by atoms with E-state index < -0.39 is 11.2 Å². The third kappa shape index (κ3) is 3.18. The third-order valence-corrected chi connectivity index (χ3v) is 5.30. The van der Waals surface area contributed by atoms with E-state index in [9.17, 15) is 14.4 Å². The summed E-state index contributed by atoms with van der Waals surface area (Å²) >= 11 is 0. The van der Waals surface area contributed by atoms with Gasteiger partial charge in [-0.2, -0.15) is 0 Å². The average Bonchev–Trinajstić information content (AvgIpc) is 2.70. The monoisotopic (exact) mass is 379 g/mol. The van der Waals surface area contributed by atoms with Crippen molar-refractivity contribution in [3.05, 3.63) is 74.1 Å². The molecular weight excluding hydrogens is 358 g/mol. The maximum Gasteiger partial charge on any atom is 0.329 e. The number of ether oxygens (including phenoxy) is 1. The van der Waals surface area contributed by atoms with Crippen molar-refractivity contribution in [3.8, 4) is 0 Å². The molecule has 2 heterocycles. The first-order chi connectivity index (χ1) is 13.6. The Morgan fingerprint density at radius 3 is 2.71 bits per heavy atom. The number of H-pyrrole nitrogens is 1. The molecule has 2 aromatic heterocycles. The number of nitrogens with zero attached hydrogens (tertiary/aromatic N) is 2. The lowest BCUT2D eigenvalue weighted by Gasteiger charge is -2.25. The van der Waals surface area contributed by atoms with Gasteiger partial charge in [-0.25, -0.2) is 9.78 Å². The lowest BCUT2D eigenvalue weighted by Crippen LogP contribution is -2.33. The summed E-state index contributed by atoms with van der Waals surface area (Å²) in [5.74, 6) is -0.0268. The zero-order chi connectivity index (χ0) is 19.7. The van der Waals surface area contributed by atoms with E-state index in [-0.39, 0.29) is 11.7 Å². The average molecular weight is 379 g/mol. The Balaban J connectivity index is 1.87. The summed E-state index contributed by atoms with van der Waals surface area (Å²) in [6, 6.07) is 9.82. The first-order valence-corrected chi connectivity index (χ1v) is 9.32. The summed E-state index contributed by atoms with van der Waals surface area (Å²) < 4.78 is 6.51. The molecule has 0 amide bonds. The fourth-order valence-electron chi connectivity index (χ4n) is 3.94. The summed E-state index contributed by atoms with van der Waals surface area (Å²) in [5.41, 5.74) is 1.56. The van der Waals surface area contributed by atoms with Crippen molar-refractivity contribution in [2.45, 2.75) is 31.7 Å². The minimum atomic E-state index is -0.497. The fourth-order valence-corrected chi connectivity index (χ4v) is 3.94. The van der Waals surface area contributed by atoms with Crippen molar-refractivity contribution >= 4 is 16.8 Å². The molecule has 0 spiro atoms. The highest BCUT2D eigenvalue weighted by Gasteiger charge is 2.29. The SMILES string of the molecule is COCCCn1c(=O)[nH]c(=O)c2c3c(cnc21)C(=O)CC(c1ccccc1)C3. The third-order valence-electron chi connectivity index (χ3n) is 5.30. The van der Waals surface area contributed by atoms with Gasteiger partial charge in [0.25, 0.3) is 5.56 Å². The van der Waals surface area contributed by atoms with Gasteiger partial charge in [0.05, 0.1) is 5.39 Å². The summed E-state index contributed by atoms with van der Waals surface area (Å²) in [6.45, 7) is 0.869. The smallest absolute Gasteiger partial charge is 0.329 e. The number of aryl methyl sites for hydroxylation is 1. The number of nitrogens with one attached hydrogen (secondary N) is 1. The Labute approximate surface area is 161 Å². The van der Waals surface area contributed by atoms with Crippen LogP contribution >= 0.6 is 0 Å². The van der Waals surface area contributed by atoms with E-state index >= 15 is 0 Å². The molecule has 1 aliphatic rings. The van der Waals surface area contributed by atoms with E-state index in [4.69, 9.17) is 4.74 Å². The van der Waals surface area contributed by atoms with Crippen molar-refractivity contribution in [3.63, 3.8) is 0 Å². The minimum Gasteiger partial charge on any atom is -0.385 e. The zero-order valence-electron chi connectivity index (χ0n) is 15.6. The van der Waals surface area contributed by atoms with Crippen molar-refractivity contribution in [1.29, 1.82) is 0 Å². The van der Waals surface area contributed by atoms with Crippen LogP contribution in [-0.2, 0) is 17.7 Å². The summed E-state index contributed by atoms with van der Waals surface area (Å²) in [6.07, 6.45) is 3.06. The van der Waals surface area contributed by atoms with Gasteiger partial charge in [-0.3, -0.25) is 19.1 Å². The molecule has 4 rings (SSSR count). The molecule has 1 N–H and O–H groups in total. The molecule has 1 atom stereocenters. The highest BCUT2D eigenvalue weighted by Crippen LogP contribution is 2.34. The normalized spacial score (nSPS) is 16.3. The Morgan fingerprint density at radius 1 is 1.18 bits per heavy atom. The van der Waals surface area contributed by atoms with E-state index in [0.29, 0.717) is 54.6 Å². The molecule has 144 valence electrons. The van der Waals surface area contributed by atoms with Gasteiger partial charge in [0.2, 0.25) is 0 Å². The van der Waals surface area contributed by atoms with Gasteiger partial charge in [-0.05, 0) is 29.9 Å². The van der Waals surface area contributed by atoms with Crippen molar-refractivity contribution in [2.75, 3.05) is 13.7 Å². The predicted octanol–water partition coefficient (Wildman–Crippen LogP) is 2.03. The highest BCUT2D eigenvalue weighted by molar-refractivity contribution is 6.02. The van der Waals surface area contributed by atoms with E-state index in [0.717, 1.165) is 5.56 Å². The Kier molecular flexibility index (Phi) is 4.92. The molecule has 1 aromatic carbocycles. The van der Waals surface area contributed by atoms with Crippen LogP contribution in [0.15, 0.2) is 46.1 Å². The maximum atomic E-state index is 12.7. The number of methoxy groups -OCH3 is 1. The number of benzene rings is 1. The second kappa shape index (κ2) is 7.52. The second-order valence-corrected chi connectivity index (χ2v) is 7.05. The van der Waals surface area contributed by atoms with Crippen LogP contribution in [0.5, 0.6) is 0 Å². The fraction of sp³-hybridized carbons (Fsp3) is 0.333. The predicted molar refractivity (Wildman–Crippen MR) is 105 cm³/mol. The van der Waals surface area contributed by atoms with Crippen molar-refractivity contribution in [2.24, 2.45) is 0 Å². The Bertz CT molecular complexity index is 1150. The summed E-state index contributed by atoms with van der Waals surface area (Å²) in [5, 5.41) is 0.337. The number of hydrogen-bond donors (Lipinski definition) is 1. The largest absolute Gasteiger partial charge is 0.385 e. The van der Waals surface area contributed by atoms with Crippen LogP contribution in [-0.4, -0.2) is 34.0 Å². The van der Waals surface area contributed by atoms with Crippen LogP contribution in [0.4, 0.5) is 0 Å². The number of aromatic nitrogens is 3. The van der Waals surface area contributed by atoms with Gasteiger partial charge >= 0.3 is 5.69 Å². The van der Waals surface area contributed by atoms with E-state index in [1.165, 1.54) is 10.8 Å². The van der Waals surface area contributed by atoms with Gasteiger partial charge in [0.1, 0.15) is 5.65 Å². The molecule has 28 heavy (non-hydrogen) atoms. The highest BCUT2D eigenvalue weighted by atomic mass is 16.5. The molecule has 3 aromatic rings. The Morgan fingerprint density at radius 2 is 1.96 bits per heavy atom. The molecule has 7 heteroatoms. The van der Waals surface area contributed by atoms with Crippen molar-refractivity contribution in [1.82, 2.24) is 14.5 Å². The molecule has 0 radical (unpaired) electrons. The summed E-state index contributed by atoms with van der Waals surface area (Å²) in [7, 11) is 1.59. The van der Waals surface area contributed by atoms with Crippen LogP contribution in [0.1, 0.15) is 40.2 Å². The number of carbonyl (C=O) groups is 1. The number of ketones is 1. The van der Waals surface area contributed by atoms with E-state index in [2.05, 4.69) is 9.97 Å². The molecule has 0 saturated carbocycles. The van der Waals surface area contributed by atoms with Crippen LogP contribution in [0, 0.1) is 0 Å². The van der Waals surface area contributed by atoms with Crippen molar-refractivity contribution < 1.29 is 9.53 Å². The number of carbonyl (C=O) groups excluding carboxylic acids is 1. The molecular formula is C21H21N3O4. The first kappa shape index (κ1) is 18.3. The van der Waals surface area contributed by atoms with Gasteiger partial charge in [-0.1, -0.05) is 30.3 Å². The molecule has 7 nitrogen and oxygen atoms in total. The number of fused-ring (bicyclic) bond motifs is 3. The molecule has 1 aliphatic carbocycles. The summed E-state index contributed by atoms with van der Waals surface area (Å²) in [4.78, 5) is 44.4. The maximum absolute atomic E-state index is 12.7. The van der Waals surface area contributed by atoms with Crippen LogP contribution in [0.3, 0.4) is 0 Å². The topological polar surface area (TPSA) is 94.1 Å². The van der Waals surface area contributed by atoms with Crippen LogP contribution < -0.4 is 11.2 Å². The molecule has 0 saturated heterocycles. The molecule has 0 fully saturated rings. The van der Waals surface area contributed by atoms with Gasteiger partial charge in [-0.15, -0.1) is 0 Å². The minimum absolute atomic E-state index is 0.0000643. The second-order valence-electron chi connectivity index (χ2n) is 7.05. The van der Waals surface area contributed by atoms with Crippen LogP contribution in [0.25, 0.3) is 11.0 Å². The number of rotatable bonds is 5. The lowest BCUT2D eigenvalue weighted by atomic mass is 9.79.